The largest absolute Gasteiger partial charge is 0.372 e. The summed E-state index contributed by atoms with van der Waals surface area (Å²) >= 11 is 0. The highest BCUT2D eigenvalue weighted by molar-refractivity contribution is 5.85. The van der Waals surface area contributed by atoms with E-state index in [4.69, 9.17) is 0 Å². The maximum absolute atomic E-state index is 9.83. The van der Waals surface area contributed by atoms with Gasteiger partial charge < -0.3 is 5.11 Å². The van der Waals surface area contributed by atoms with E-state index in [-0.39, 0.29) is 12.4 Å². The number of fused-ring (bicyclic) bond motifs is 2. The first kappa shape index (κ1) is 9.04. The molecule has 2 heterocycles. The van der Waals surface area contributed by atoms with Gasteiger partial charge in [-0.25, -0.2) is 0 Å². The van der Waals surface area contributed by atoms with Crippen LogP contribution in [-0.4, -0.2) is 28.8 Å². The molecule has 0 aromatic rings. The lowest BCUT2D eigenvalue weighted by molar-refractivity contribution is -0.0419. The molecular formula is C8H14ClNO. The summed E-state index contributed by atoms with van der Waals surface area (Å²) in [5.41, 5.74) is -0.594. The van der Waals surface area contributed by atoms with Gasteiger partial charge in [-0.15, -0.1) is 12.4 Å². The van der Waals surface area contributed by atoms with Crippen molar-refractivity contribution >= 4 is 12.4 Å². The van der Waals surface area contributed by atoms with Crippen molar-refractivity contribution in [1.82, 2.24) is 4.90 Å². The standard InChI is InChI=1S/C8H13NO.ClH/c1-9-7-3-2-5-8(9,10)6-4-7;/h2,5,7,10H,3-4,6H2,1H3;1H. The van der Waals surface area contributed by atoms with Crippen LogP contribution in [0.25, 0.3) is 0 Å². The van der Waals surface area contributed by atoms with Crippen molar-refractivity contribution in [2.75, 3.05) is 7.05 Å². The topological polar surface area (TPSA) is 23.5 Å². The van der Waals surface area contributed by atoms with Gasteiger partial charge in [-0.1, -0.05) is 6.08 Å². The number of aliphatic hydroxyl groups is 1. The summed E-state index contributed by atoms with van der Waals surface area (Å²) in [6.07, 6.45) is 7.18. The van der Waals surface area contributed by atoms with E-state index in [1.54, 1.807) is 0 Å². The van der Waals surface area contributed by atoms with Crippen molar-refractivity contribution in [2.24, 2.45) is 0 Å². The molecule has 1 saturated heterocycles. The molecule has 1 N–H and O–H groups in total. The van der Waals surface area contributed by atoms with Gasteiger partial charge >= 0.3 is 0 Å². The highest BCUT2D eigenvalue weighted by Gasteiger charge is 2.42. The minimum atomic E-state index is -0.594. The summed E-state index contributed by atoms with van der Waals surface area (Å²) in [5.74, 6) is 0. The summed E-state index contributed by atoms with van der Waals surface area (Å²) in [5, 5.41) is 9.83. The zero-order valence-corrected chi connectivity index (χ0v) is 7.47. The molecule has 0 aliphatic carbocycles. The molecule has 0 aromatic carbocycles. The lowest BCUT2D eigenvalue weighted by atomic mass is 10.1. The van der Waals surface area contributed by atoms with Crippen LogP contribution in [-0.2, 0) is 0 Å². The third kappa shape index (κ3) is 1.19. The average molecular weight is 176 g/mol. The SMILES string of the molecule is CN1C2CC=CC1(O)CC2.Cl. The van der Waals surface area contributed by atoms with E-state index in [0.29, 0.717) is 6.04 Å². The molecule has 0 spiro atoms. The monoisotopic (exact) mass is 175 g/mol. The summed E-state index contributed by atoms with van der Waals surface area (Å²) < 4.78 is 0. The number of likely N-dealkylation sites (N-methyl/N-ethyl adjacent to an activating group) is 1. The van der Waals surface area contributed by atoms with E-state index in [2.05, 4.69) is 11.0 Å². The van der Waals surface area contributed by atoms with E-state index < -0.39 is 5.72 Å². The number of hydrogen-bond acceptors (Lipinski definition) is 2. The summed E-state index contributed by atoms with van der Waals surface area (Å²) in [6.45, 7) is 0. The Kier molecular flexibility index (Phi) is 2.28. The van der Waals surface area contributed by atoms with Crippen LogP contribution >= 0.6 is 12.4 Å². The predicted octanol–water partition coefficient (Wildman–Crippen LogP) is 1.15. The Bertz CT molecular complexity index is 183. The molecule has 2 aliphatic rings. The lowest BCUT2D eigenvalue weighted by Crippen LogP contribution is -2.44. The second-order valence-electron chi connectivity index (χ2n) is 3.32. The fourth-order valence-electron chi connectivity index (χ4n) is 1.96. The Morgan fingerprint density at radius 2 is 2.36 bits per heavy atom. The smallest absolute Gasteiger partial charge is 0.137 e. The quantitative estimate of drug-likeness (QED) is 0.559. The maximum atomic E-state index is 9.83. The lowest BCUT2D eigenvalue weighted by Gasteiger charge is -2.33. The van der Waals surface area contributed by atoms with E-state index in [1.165, 1.54) is 0 Å². The van der Waals surface area contributed by atoms with E-state index in [1.807, 2.05) is 13.1 Å². The van der Waals surface area contributed by atoms with Crippen LogP contribution < -0.4 is 0 Å². The third-order valence-electron chi connectivity index (χ3n) is 2.80. The van der Waals surface area contributed by atoms with Gasteiger partial charge in [0.25, 0.3) is 0 Å². The Morgan fingerprint density at radius 3 is 2.91 bits per heavy atom. The number of rotatable bonds is 0. The fraction of sp³-hybridized carbons (Fsp3) is 0.750. The van der Waals surface area contributed by atoms with Crippen molar-refractivity contribution in [2.45, 2.75) is 31.0 Å². The van der Waals surface area contributed by atoms with Gasteiger partial charge in [0, 0.05) is 6.04 Å². The van der Waals surface area contributed by atoms with E-state index >= 15 is 0 Å². The molecule has 2 aliphatic heterocycles. The van der Waals surface area contributed by atoms with Crippen molar-refractivity contribution in [1.29, 1.82) is 0 Å². The number of nitrogens with zero attached hydrogens (tertiary/aromatic N) is 1. The van der Waals surface area contributed by atoms with Crippen molar-refractivity contribution in [3.63, 3.8) is 0 Å². The zero-order valence-electron chi connectivity index (χ0n) is 6.66. The molecule has 2 rings (SSSR count). The normalized spacial score (nSPS) is 42.2. The molecule has 64 valence electrons. The molecule has 2 bridgehead atoms. The molecule has 1 fully saturated rings. The highest BCUT2D eigenvalue weighted by Crippen LogP contribution is 2.36. The molecule has 2 unspecified atom stereocenters. The van der Waals surface area contributed by atoms with Crippen LogP contribution in [0, 0.1) is 0 Å². The van der Waals surface area contributed by atoms with Crippen LogP contribution in [0.5, 0.6) is 0 Å². The van der Waals surface area contributed by atoms with Crippen molar-refractivity contribution in [3.05, 3.63) is 12.2 Å². The van der Waals surface area contributed by atoms with Crippen molar-refractivity contribution < 1.29 is 5.11 Å². The average Bonchev–Trinajstić information content (AvgIpc) is 2.18. The van der Waals surface area contributed by atoms with E-state index in [0.717, 1.165) is 19.3 Å². The summed E-state index contributed by atoms with van der Waals surface area (Å²) in [4.78, 5) is 2.08. The summed E-state index contributed by atoms with van der Waals surface area (Å²) in [6, 6.07) is 0.593. The minimum absolute atomic E-state index is 0. The van der Waals surface area contributed by atoms with Crippen LogP contribution in [0.2, 0.25) is 0 Å². The van der Waals surface area contributed by atoms with Gasteiger partial charge in [0.05, 0.1) is 0 Å². The Balaban J connectivity index is 0.000000605. The molecule has 3 heteroatoms. The van der Waals surface area contributed by atoms with E-state index in [9.17, 15) is 5.11 Å². The first-order chi connectivity index (χ1) is 4.72. The number of halogens is 1. The first-order valence-electron chi connectivity index (χ1n) is 3.85. The predicted molar refractivity (Wildman–Crippen MR) is 46.7 cm³/mol. The Labute approximate surface area is 73.3 Å². The maximum Gasteiger partial charge on any atom is 0.137 e. The third-order valence-corrected chi connectivity index (χ3v) is 2.80. The van der Waals surface area contributed by atoms with Crippen LogP contribution in [0.15, 0.2) is 12.2 Å². The van der Waals surface area contributed by atoms with Gasteiger partial charge in [-0.05, 0) is 32.4 Å². The minimum Gasteiger partial charge on any atom is -0.372 e. The van der Waals surface area contributed by atoms with Gasteiger partial charge in [-0.2, -0.15) is 0 Å². The second kappa shape index (κ2) is 2.77. The molecule has 0 amide bonds. The van der Waals surface area contributed by atoms with Gasteiger partial charge in [0.15, 0.2) is 0 Å². The van der Waals surface area contributed by atoms with Gasteiger partial charge in [-0.3, -0.25) is 4.90 Å². The summed E-state index contributed by atoms with van der Waals surface area (Å²) in [7, 11) is 2.00. The Morgan fingerprint density at radius 1 is 1.64 bits per heavy atom. The molecule has 0 aromatic heterocycles. The molecule has 0 saturated carbocycles. The molecule has 2 atom stereocenters. The van der Waals surface area contributed by atoms with Gasteiger partial charge in [0.2, 0.25) is 0 Å². The molecule has 11 heavy (non-hydrogen) atoms. The van der Waals surface area contributed by atoms with Gasteiger partial charge in [0.1, 0.15) is 5.72 Å². The zero-order chi connectivity index (χ0) is 7.19. The second-order valence-corrected chi connectivity index (χ2v) is 3.32. The highest BCUT2D eigenvalue weighted by atomic mass is 35.5. The first-order valence-corrected chi connectivity index (χ1v) is 3.85. The van der Waals surface area contributed by atoms with Crippen LogP contribution in [0.3, 0.4) is 0 Å². The fourth-order valence-corrected chi connectivity index (χ4v) is 1.96. The number of hydrogen-bond donors (Lipinski definition) is 1. The van der Waals surface area contributed by atoms with Crippen LogP contribution in [0.4, 0.5) is 0 Å². The Hall–Kier alpha value is -0.0500. The molecule has 0 radical (unpaired) electrons. The van der Waals surface area contributed by atoms with Crippen LogP contribution in [0.1, 0.15) is 19.3 Å². The van der Waals surface area contributed by atoms with Crippen molar-refractivity contribution in [3.8, 4) is 0 Å². The molecule has 2 nitrogen and oxygen atoms in total. The molecular weight excluding hydrogens is 162 g/mol.